The third kappa shape index (κ3) is 4.66. The lowest BCUT2D eigenvalue weighted by Crippen LogP contribution is -2.42. The van der Waals surface area contributed by atoms with E-state index in [2.05, 4.69) is 36.4 Å². The SMILES string of the molecule is COCCOCC(CN)N(C)C(C)c1cccs1. The van der Waals surface area contributed by atoms with E-state index in [1.54, 1.807) is 18.4 Å². The van der Waals surface area contributed by atoms with Crippen LogP contribution in [0.15, 0.2) is 17.5 Å². The number of nitrogens with two attached hydrogens (primary N) is 1. The number of likely N-dealkylation sites (N-methyl/N-ethyl adjacent to an activating group) is 1. The molecule has 0 saturated heterocycles. The number of thiophene rings is 1. The summed E-state index contributed by atoms with van der Waals surface area (Å²) in [4.78, 5) is 3.63. The molecule has 0 bridgehead atoms. The van der Waals surface area contributed by atoms with Crippen LogP contribution in [0.1, 0.15) is 17.8 Å². The lowest BCUT2D eigenvalue weighted by molar-refractivity contribution is 0.0300. The van der Waals surface area contributed by atoms with Gasteiger partial charge in [-0.15, -0.1) is 11.3 Å². The minimum Gasteiger partial charge on any atom is -0.382 e. The van der Waals surface area contributed by atoms with E-state index in [1.807, 2.05) is 0 Å². The van der Waals surface area contributed by atoms with Crippen molar-refractivity contribution >= 4 is 11.3 Å². The molecule has 104 valence electrons. The molecule has 1 aromatic rings. The summed E-state index contributed by atoms with van der Waals surface area (Å²) >= 11 is 1.78. The molecule has 18 heavy (non-hydrogen) atoms. The summed E-state index contributed by atoms with van der Waals surface area (Å²) in [6.45, 7) is 4.69. The van der Waals surface area contributed by atoms with Crippen molar-refractivity contribution in [3.63, 3.8) is 0 Å². The first kappa shape index (κ1) is 15.6. The first-order valence-electron chi connectivity index (χ1n) is 6.22. The Morgan fingerprint density at radius 3 is 2.78 bits per heavy atom. The number of rotatable bonds is 9. The van der Waals surface area contributed by atoms with Crippen molar-refractivity contribution in [2.45, 2.75) is 19.0 Å². The van der Waals surface area contributed by atoms with Crippen LogP contribution in [-0.2, 0) is 9.47 Å². The summed E-state index contributed by atoms with van der Waals surface area (Å²) in [7, 11) is 3.77. The summed E-state index contributed by atoms with van der Waals surface area (Å²) in [6, 6.07) is 4.84. The molecule has 2 unspecified atom stereocenters. The van der Waals surface area contributed by atoms with Crippen molar-refractivity contribution in [1.82, 2.24) is 4.90 Å². The second-order valence-corrected chi connectivity index (χ2v) is 5.29. The van der Waals surface area contributed by atoms with Gasteiger partial charge in [0.05, 0.1) is 19.8 Å². The number of hydrogen-bond donors (Lipinski definition) is 1. The molecule has 2 atom stereocenters. The van der Waals surface area contributed by atoms with E-state index >= 15 is 0 Å². The Balaban J connectivity index is 2.43. The average Bonchev–Trinajstić information content (AvgIpc) is 2.91. The van der Waals surface area contributed by atoms with Gasteiger partial charge in [-0.25, -0.2) is 0 Å². The molecule has 0 radical (unpaired) electrons. The minimum atomic E-state index is 0.235. The predicted octanol–water partition coefficient (Wildman–Crippen LogP) is 1.73. The van der Waals surface area contributed by atoms with Gasteiger partial charge < -0.3 is 15.2 Å². The topological polar surface area (TPSA) is 47.7 Å². The minimum absolute atomic E-state index is 0.235. The Morgan fingerprint density at radius 1 is 1.44 bits per heavy atom. The highest BCUT2D eigenvalue weighted by Gasteiger charge is 2.20. The van der Waals surface area contributed by atoms with Crippen LogP contribution >= 0.6 is 11.3 Å². The van der Waals surface area contributed by atoms with Crippen LogP contribution in [0.4, 0.5) is 0 Å². The van der Waals surface area contributed by atoms with Crippen LogP contribution < -0.4 is 5.73 Å². The number of methoxy groups -OCH3 is 1. The van der Waals surface area contributed by atoms with E-state index in [1.165, 1.54) is 4.88 Å². The van der Waals surface area contributed by atoms with E-state index in [4.69, 9.17) is 15.2 Å². The molecule has 0 aromatic carbocycles. The summed E-state index contributed by atoms with van der Waals surface area (Å²) in [5, 5.41) is 2.10. The van der Waals surface area contributed by atoms with Gasteiger partial charge in [-0.3, -0.25) is 4.90 Å². The third-order valence-corrected chi connectivity index (χ3v) is 4.20. The maximum absolute atomic E-state index is 5.83. The molecule has 0 fully saturated rings. The largest absolute Gasteiger partial charge is 0.382 e. The van der Waals surface area contributed by atoms with E-state index in [0.29, 0.717) is 32.4 Å². The van der Waals surface area contributed by atoms with Crippen LogP contribution in [-0.4, -0.2) is 51.5 Å². The van der Waals surface area contributed by atoms with Gasteiger partial charge in [0.1, 0.15) is 0 Å². The second kappa shape index (κ2) is 8.61. The Hall–Kier alpha value is -0.460. The highest BCUT2D eigenvalue weighted by atomic mass is 32.1. The molecule has 5 heteroatoms. The van der Waals surface area contributed by atoms with Crippen molar-refractivity contribution in [3.05, 3.63) is 22.4 Å². The fourth-order valence-corrected chi connectivity index (χ4v) is 2.59. The lowest BCUT2D eigenvalue weighted by Gasteiger charge is -2.31. The van der Waals surface area contributed by atoms with Gasteiger partial charge in [-0.1, -0.05) is 6.07 Å². The quantitative estimate of drug-likeness (QED) is 0.696. The van der Waals surface area contributed by atoms with Gasteiger partial charge in [-0.05, 0) is 25.4 Å². The fraction of sp³-hybridized carbons (Fsp3) is 0.692. The summed E-state index contributed by atoms with van der Waals surface area (Å²) in [5.74, 6) is 0. The predicted molar refractivity (Wildman–Crippen MR) is 76.0 cm³/mol. The molecule has 1 aromatic heterocycles. The number of ether oxygens (including phenoxy) is 2. The normalized spacial score (nSPS) is 14.9. The Bertz CT molecular complexity index is 306. The lowest BCUT2D eigenvalue weighted by atomic mass is 10.2. The van der Waals surface area contributed by atoms with Gasteiger partial charge in [-0.2, -0.15) is 0 Å². The summed E-state index contributed by atoms with van der Waals surface area (Å²) in [6.07, 6.45) is 0. The first-order chi connectivity index (χ1) is 8.70. The standard InChI is InChI=1S/C13H24N2O2S/c1-11(13-5-4-8-18-13)15(2)12(9-14)10-17-7-6-16-3/h4-5,8,11-12H,6-7,9-10,14H2,1-3H3. The summed E-state index contributed by atoms with van der Waals surface area (Å²) < 4.78 is 10.5. The van der Waals surface area contributed by atoms with Gasteiger partial charge in [0.15, 0.2) is 0 Å². The molecule has 0 amide bonds. The molecule has 0 saturated carbocycles. The number of nitrogens with zero attached hydrogens (tertiary/aromatic N) is 1. The highest BCUT2D eigenvalue weighted by molar-refractivity contribution is 7.10. The van der Waals surface area contributed by atoms with Crippen molar-refractivity contribution < 1.29 is 9.47 Å². The molecular weight excluding hydrogens is 248 g/mol. The summed E-state index contributed by atoms with van der Waals surface area (Å²) in [5.41, 5.74) is 5.83. The monoisotopic (exact) mass is 272 g/mol. The van der Waals surface area contributed by atoms with Crippen molar-refractivity contribution in [2.75, 3.05) is 40.5 Å². The van der Waals surface area contributed by atoms with Crippen molar-refractivity contribution in [1.29, 1.82) is 0 Å². The van der Waals surface area contributed by atoms with Gasteiger partial charge in [0.25, 0.3) is 0 Å². The molecule has 1 heterocycles. The molecular formula is C13H24N2O2S. The van der Waals surface area contributed by atoms with E-state index < -0.39 is 0 Å². The van der Waals surface area contributed by atoms with Crippen LogP contribution in [0, 0.1) is 0 Å². The maximum atomic E-state index is 5.83. The van der Waals surface area contributed by atoms with Crippen molar-refractivity contribution in [3.8, 4) is 0 Å². The van der Waals surface area contributed by atoms with E-state index in [-0.39, 0.29) is 6.04 Å². The Morgan fingerprint density at radius 2 is 2.22 bits per heavy atom. The molecule has 0 aliphatic rings. The third-order valence-electron chi connectivity index (χ3n) is 3.16. The zero-order chi connectivity index (χ0) is 13.4. The fourth-order valence-electron chi connectivity index (χ4n) is 1.76. The van der Waals surface area contributed by atoms with Gasteiger partial charge in [0.2, 0.25) is 0 Å². The first-order valence-corrected chi connectivity index (χ1v) is 7.10. The average molecular weight is 272 g/mol. The van der Waals surface area contributed by atoms with Crippen LogP contribution in [0.2, 0.25) is 0 Å². The zero-order valence-corrected chi connectivity index (χ0v) is 12.3. The second-order valence-electron chi connectivity index (χ2n) is 4.31. The van der Waals surface area contributed by atoms with Crippen LogP contribution in [0.5, 0.6) is 0 Å². The molecule has 2 N–H and O–H groups in total. The van der Waals surface area contributed by atoms with Crippen LogP contribution in [0.3, 0.4) is 0 Å². The van der Waals surface area contributed by atoms with Gasteiger partial charge >= 0.3 is 0 Å². The van der Waals surface area contributed by atoms with E-state index in [0.717, 1.165) is 0 Å². The van der Waals surface area contributed by atoms with Gasteiger partial charge in [0, 0.05) is 30.6 Å². The van der Waals surface area contributed by atoms with Crippen LogP contribution in [0.25, 0.3) is 0 Å². The molecule has 4 nitrogen and oxygen atoms in total. The van der Waals surface area contributed by atoms with E-state index in [9.17, 15) is 0 Å². The maximum Gasteiger partial charge on any atom is 0.0701 e. The molecule has 0 aliphatic carbocycles. The zero-order valence-electron chi connectivity index (χ0n) is 11.5. The van der Waals surface area contributed by atoms with Crippen molar-refractivity contribution in [2.24, 2.45) is 5.73 Å². The Labute approximate surface area is 114 Å². The smallest absolute Gasteiger partial charge is 0.0701 e. The molecule has 0 spiro atoms. The molecule has 0 aliphatic heterocycles. The Kier molecular flexibility index (Phi) is 7.46. The number of hydrogen-bond acceptors (Lipinski definition) is 5. The molecule has 1 rings (SSSR count). The highest BCUT2D eigenvalue weighted by Crippen LogP contribution is 2.24.